The van der Waals surface area contributed by atoms with Gasteiger partial charge in [-0.1, -0.05) is 0 Å². The summed E-state index contributed by atoms with van der Waals surface area (Å²) in [5.74, 6) is -9.87. The van der Waals surface area contributed by atoms with Gasteiger partial charge in [0.05, 0.1) is 11.6 Å². The summed E-state index contributed by atoms with van der Waals surface area (Å²) in [5.41, 5.74) is -1.04. The molecule has 0 bridgehead atoms. The van der Waals surface area contributed by atoms with Crippen molar-refractivity contribution in [3.05, 3.63) is 45.2 Å². The van der Waals surface area contributed by atoms with Crippen LogP contribution in [0.1, 0.15) is 9.88 Å². The Morgan fingerprint density at radius 3 is 2.00 bits per heavy atom. The number of hydrogen-bond donors (Lipinski definition) is 1. The molecule has 0 radical (unpaired) electrons. The molecule has 0 unspecified atom stereocenters. The molecule has 1 N–H and O–H groups in total. The molecule has 1 heterocycles. The Morgan fingerprint density at radius 2 is 1.53 bits per heavy atom. The number of hydrogen-bond acceptors (Lipinski definition) is 3. The largest absolute Gasteiger partial charge is 0.375 e. The highest BCUT2D eigenvalue weighted by Crippen LogP contribution is 2.27. The fraction of sp³-hybridized carbons (Fsp3) is 0.182. The van der Waals surface area contributed by atoms with Crippen LogP contribution < -0.4 is 5.32 Å². The van der Waals surface area contributed by atoms with Gasteiger partial charge in [-0.3, -0.25) is 0 Å². The van der Waals surface area contributed by atoms with Gasteiger partial charge in [-0.05, 0) is 6.92 Å². The van der Waals surface area contributed by atoms with Gasteiger partial charge in [-0.15, -0.1) is 11.3 Å². The molecule has 0 spiro atoms. The van der Waals surface area contributed by atoms with E-state index < -0.39 is 34.8 Å². The molecule has 0 aliphatic carbocycles. The number of aromatic nitrogens is 1. The van der Waals surface area contributed by atoms with Gasteiger partial charge in [0.25, 0.3) is 0 Å². The fourth-order valence-corrected chi connectivity index (χ4v) is 2.16. The van der Waals surface area contributed by atoms with Gasteiger partial charge in [0.2, 0.25) is 5.82 Å². The third-order valence-electron chi connectivity index (χ3n) is 2.32. The van der Waals surface area contributed by atoms with Crippen molar-refractivity contribution in [1.29, 1.82) is 0 Å². The molecule has 0 atom stereocenters. The summed E-state index contributed by atoms with van der Waals surface area (Å²) in [7, 11) is 0. The Hall–Kier alpha value is -1.70. The predicted octanol–water partition coefficient (Wildman–Crippen LogP) is 3.76. The summed E-state index contributed by atoms with van der Waals surface area (Å²) >= 11 is 1.25. The second kappa shape index (κ2) is 5.12. The highest BCUT2D eigenvalue weighted by molar-refractivity contribution is 7.11. The molecule has 0 aliphatic heterocycles. The van der Waals surface area contributed by atoms with E-state index in [1.165, 1.54) is 17.5 Å². The van der Waals surface area contributed by atoms with Crippen molar-refractivity contribution in [2.75, 3.05) is 5.32 Å². The molecule has 1 aromatic heterocycles. The molecule has 102 valence electrons. The molecule has 1 aromatic carbocycles. The number of nitrogens with zero attached hydrogens (tertiary/aromatic N) is 1. The monoisotopic (exact) mass is 294 g/mol. The first-order valence-electron chi connectivity index (χ1n) is 5.08. The Balaban J connectivity index is 2.30. The Kier molecular flexibility index (Phi) is 3.70. The van der Waals surface area contributed by atoms with Gasteiger partial charge >= 0.3 is 0 Å². The van der Waals surface area contributed by atoms with E-state index in [0.717, 1.165) is 5.01 Å². The van der Waals surface area contributed by atoms with Crippen molar-refractivity contribution < 1.29 is 22.0 Å². The van der Waals surface area contributed by atoms with E-state index in [2.05, 4.69) is 10.3 Å². The third-order valence-corrected chi connectivity index (χ3v) is 3.23. The first-order valence-corrected chi connectivity index (χ1v) is 5.90. The van der Waals surface area contributed by atoms with Crippen LogP contribution in [0.5, 0.6) is 0 Å². The van der Waals surface area contributed by atoms with E-state index in [1.807, 2.05) is 0 Å². The number of aryl methyl sites for hydroxylation is 1. The molecule has 2 rings (SSSR count). The van der Waals surface area contributed by atoms with E-state index in [0.29, 0.717) is 4.88 Å². The fourth-order valence-electron chi connectivity index (χ4n) is 1.42. The predicted molar refractivity (Wildman–Crippen MR) is 60.4 cm³/mol. The topological polar surface area (TPSA) is 24.9 Å². The summed E-state index contributed by atoms with van der Waals surface area (Å²) in [4.78, 5) is 4.52. The van der Waals surface area contributed by atoms with E-state index in [1.54, 1.807) is 6.92 Å². The van der Waals surface area contributed by atoms with E-state index in [4.69, 9.17) is 0 Å². The molecular weight excluding hydrogens is 287 g/mol. The van der Waals surface area contributed by atoms with Crippen molar-refractivity contribution >= 4 is 17.0 Å². The number of thiazole rings is 1. The lowest BCUT2D eigenvalue weighted by Crippen LogP contribution is -2.09. The molecule has 0 fully saturated rings. The molecule has 0 amide bonds. The van der Waals surface area contributed by atoms with Crippen LogP contribution in [0.4, 0.5) is 27.6 Å². The van der Waals surface area contributed by atoms with Crippen LogP contribution in [0.15, 0.2) is 6.20 Å². The number of rotatable bonds is 3. The van der Waals surface area contributed by atoms with Crippen LogP contribution >= 0.6 is 11.3 Å². The van der Waals surface area contributed by atoms with Crippen molar-refractivity contribution in [2.24, 2.45) is 0 Å². The Labute approximate surface area is 108 Å². The van der Waals surface area contributed by atoms with Crippen LogP contribution in [0.2, 0.25) is 0 Å². The first-order chi connectivity index (χ1) is 8.91. The summed E-state index contributed by atoms with van der Waals surface area (Å²) in [6.07, 6.45) is 1.46. The highest BCUT2D eigenvalue weighted by Gasteiger charge is 2.25. The molecule has 2 aromatic rings. The summed E-state index contributed by atoms with van der Waals surface area (Å²) < 4.78 is 65.3. The van der Waals surface area contributed by atoms with Crippen molar-refractivity contribution in [1.82, 2.24) is 4.98 Å². The summed E-state index contributed by atoms with van der Waals surface area (Å²) in [6.45, 7) is 1.65. The molecule has 8 heteroatoms. The van der Waals surface area contributed by atoms with Crippen molar-refractivity contribution in [3.63, 3.8) is 0 Å². The first kappa shape index (κ1) is 13.7. The number of anilines is 1. The van der Waals surface area contributed by atoms with E-state index in [-0.39, 0.29) is 6.54 Å². The zero-order chi connectivity index (χ0) is 14.2. The molecule has 0 saturated heterocycles. The van der Waals surface area contributed by atoms with Crippen LogP contribution in [0, 0.1) is 36.0 Å². The Morgan fingerprint density at radius 1 is 1.00 bits per heavy atom. The van der Waals surface area contributed by atoms with E-state index in [9.17, 15) is 22.0 Å². The van der Waals surface area contributed by atoms with Gasteiger partial charge in [0.15, 0.2) is 23.3 Å². The van der Waals surface area contributed by atoms with Gasteiger partial charge in [-0.25, -0.2) is 26.9 Å². The molecule has 19 heavy (non-hydrogen) atoms. The molecule has 2 nitrogen and oxygen atoms in total. The van der Waals surface area contributed by atoms with Crippen molar-refractivity contribution in [3.8, 4) is 0 Å². The normalized spacial score (nSPS) is 10.8. The quantitative estimate of drug-likeness (QED) is 0.529. The average molecular weight is 294 g/mol. The number of benzene rings is 1. The Bertz CT molecular complexity index is 597. The lowest BCUT2D eigenvalue weighted by molar-refractivity contribution is 0.381. The lowest BCUT2D eigenvalue weighted by atomic mass is 10.2. The average Bonchev–Trinajstić information content (AvgIpc) is 2.80. The summed E-state index contributed by atoms with van der Waals surface area (Å²) in [5, 5.41) is 2.92. The lowest BCUT2D eigenvalue weighted by Gasteiger charge is -2.09. The van der Waals surface area contributed by atoms with Gasteiger partial charge < -0.3 is 5.32 Å². The van der Waals surface area contributed by atoms with Crippen LogP contribution in [0.25, 0.3) is 0 Å². The standard InChI is InChI=1S/C11H7F5N2S/c1-4-17-2-5(19-4)3-18-11-9(15)7(13)6(12)8(14)10(11)16/h2,18H,3H2,1H3. The minimum absolute atomic E-state index is 0.0795. The zero-order valence-electron chi connectivity index (χ0n) is 9.53. The molecule has 0 saturated carbocycles. The maximum atomic E-state index is 13.3. The maximum absolute atomic E-state index is 13.3. The smallest absolute Gasteiger partial charge is 0.200 e. The SMILES string of the molecule is Cc1ncc(CNc2c(F)c(F)c(F)c(F)c2F)s1. The van der Waals surface area contributed by atoms with Crippen LogP contribution in [0.3, 0.4) is 0 Å². The number of nitrogens with one attached hydrogen (secondary N) is 1. The van der Waals surface area contributed by atoms with Crippen molar-refractivity contribution in [2.45, 2.75) is 13.5 Å². The van der Waals surface area contributed by atoms with Crippen LogP contribution in [-0.2, 0) is 6.54 Å². The second-order valence-corrected chi connectivity index (χ2v) is 4.96. The minimum atomic E-state index is -2.17. The maximum Gasteiger partial charge on any atom is 0.200 e. The second-order valence-electron chi connectivity index (χ2n) is 3.64. The molecular formula is C11H7F5N2S. The van der Waals surface area contributed by atoms with Gasteiger partial charge in [0, 0.05) is 11.1 Å². The highest BCUT2D eigenvalue weighted by atomic mass is 32.1. The zero-order valence-corrected chi connectivity index (χ0v) is 10.3. The van der Waals surface area contributed by atoms with Crippen LogP contribution in [-0.4, -0.2) is 4.98 Å². The van der Waals surface area contributed by atoms with E-state index >= 15 is 0 Å². The van der Waals surface area contributed by atoms with Gasteiger partial charge in [-0.2, -0.15) is 0 Å². The van der Waals surface area contributed by atoms with Gasteiger partial charge in [0.1, 0.15) is 5.69 Å². The minimum Gasteiger partial charge on any atom is -0.375 e. The molecule has 0 aliphatic rings. The number of halogens is 5. The summed E-state index contributed by atoms with van der Waals surface area (Å²) in [6, 6.07) is 0. The third kappa shape index (κ3) is 2.53.